The number of nitrogens with one attached hydrogen (secondary N) is 1. The molecular formula is C23H17N3O5S. The summed E-state index contributed by atoms with van der Waals surface area (Å²) in [5.74, 6) is -1.79. The second kappa shape index (κ2) is 8.48. The molecule has 0 saturated carbocycles. The van der Waals surface area contributed by atoms with E-state index in [2.05, 4.69) is 5.32 Å². The number of rotatable bonds is 5. The molecule has 2 aromatic carbocycles. The molecule has 2 heterocycles. The smallest absolute Gasteiger partial charge is 0.335 e. The molecule has 160 valence electrons. The lowest BCUT2D eigenvalue weighted by Gasteiger charge is -2.29. The van der Waals surface area contributed by atoms with Crippen LogP contribution in [0.1, 0.15) is 16.1 Å². The maximum Gasteiger partial charge on any atom is 0.335 e. The number of ether oxygens (including phenoxy) is 1. The Hall–Kier alpha value is -4.24. The third-order valence-corrected chi connectivity index (χ3v) is 5.18. The van der Waals surface area contributed by atoms with Crippen molar-refractivity contribution in [2.45, 2.75) is 0 Å². The number of methoxy groups -OCH3 is 1. The van der Waals surface area contributed by atoms with Gasteiger partial charge in [-0.05, 0) is 66.8 Å². The number of thiocarbonyl (C=S) groups is 1. The molecule has 2 N–H and O–H groups in total. The quantitative estimate of drug-likeness (QED) is 0.354. The van der Waals surface area contributed by atoms with E-state index in [9.17, 15) is 14.4 Å². The zero-order valence-corrected chi connectivity index (χ0v) is 17.6. The van der Waals surface area contributed by atoms with Gasteiger partial charge >= 0.3 is 5.97 Å². The van der Waals surface area contributed by atoms with Gasteiger partial charge in [0.15, 0.2) is 5.11 Å². The monoisotopic (exact) mass is 447 g/mol. The molecule has 1 aliphatic heterocycles. The molecule has 0 spiro atoms. The first kappa shape index (κ1) is 21.0. The van der Waals surface area contributed by atoms with Crippen molar-refractivity contribution in [3.8, 4) is 11.4 Å². The Morgan fingerprint density at radius 3 is 2.47 bits per heavy atom. The van der Waals surface area contributed by atoms with E-state index < -0.39 is 17.8 Å². The fourth-order valence-corrected chi connectivity index (χ4v) is 3.62. The second-order valence-electron chi connectivity index (χ2n) is 6.78. The number of benzene rings is 2. The summed E-state index contributed by atoms with van der Waals surface area (Å²) in [6, 6.07) is 16.6. The average molecular weight is 447 g/mol. The summed E-state index contributed by atoms with van der Waals surface area (Å²) in [4.78, 5) is 38.2. The number of carbonyl (C=O) groups is 3. The summed E-state index contributed by atoms with van der Waals surface area (Å²) >= 11 is 5.24. The molecule has 1 fully saturated rings. The number of carbonyl (C=O) groups excluding carboxylic acids is 2. The first-order valence-corrected chi connectivity index (χ1v) is 9.87. The Morgan fingerprint density at radius 1 is 1.06 bits per heavy atom. The van der Waals surface area contributed by atoms with Crippen LogP contribution in [0.15, 0.2) is 72.4 Å². The van der Waals surface area contributed by atoms with E-state index >= 15 is 0 Å². The molecule has 0 radical (unpaired) electrons. The number of anilines is 1. The van der Waals surface area contributed by atoms with E-state index in [4.69, 9.17) is 22.1 Å². The lowest BCUT2D eigenvalue weighted by atomic mass is 10.1. The molecule has 0 aliphatic carbocycles. The summed E-state index contributed by atoms with van der Waals surface area (Å²) in [6.45, 7) is 0. The van der Waals surface area contributed by atoms with E-state index in [1.807, 2.05) is 0 Å². The molecule has 0 atom stereocenters. The second-order valence-corrected chi connectivity index (χ2v) is 7.17. The van der Waals surface area contributed by atoms with Crippen LogP contribution in [-0.2, 0) is 9.59 Å². The van der Waals surface area contributed by atoms with Crippen LogP contribution in [0.5, 0.6) is 5.75 Å². The van der Waals surface area contributed by atoms with Crippen molar-refractivity contribution < 1.29 is 24.2 Å². The van der Waals surface area contributed by atoms with Gasteiger partial charge in [0.25, 0.3) is 11.8 Å². The van der Waals surface area contributed by atoms with E-state index in [0.717, 1.165) is 0 Å². The highest BCUT2D eigenvalue weighted by atomic mass is 32.1. The molecule has 8 nitrogen and oxygen atoms in total. The maximum absolute atomic E-state index is 13.3. The minimum absolute atomic E-state index is 0.0405. The largest absolute Gasteiger partial charge is 0.495 e. The fraction of sp³-hybridized carbons (Fsp3) is 0.0435. The van der Waals surface area contributed by atoms with Crippen LogP contribution in [0.4, 0.5) is 5.69 Å². The number of hydrogen-bond donors (Lipinski definition) is 2. The number of carboxylic acids is 1. The lowest BCUT2D eigenvalue weighted by Crippen LogP contribution is -2.54. The van der Waals surface area contributed by atoms with E-state index in [-0.39, 0.29) is 16.2 Å². The Kier molecular flexibility index (Phi) is 5.57. The normalized spacial score (nSPS) is 15.1. The van der Waals surface area contributed by atoms with Crippen LogP contribution in [0, 0.1) is 0 Å². The van der Waals surface area contributed by atoms with Gasteiger partial charge in [0, 0.05) is 17.6 Å². The zero-order valence-electron chi connectivity index (χ0n) is 16.8. The molecule has 4 rings (SSSR count). The van der Waals surface area contributed by atoms with Crippen molar-refractivity contribution in [1.82, 2.24) is 9.88 Å². The minimum Gasteiger partial charge on any atom is -0.495 e. The van der Waals surface area contributed by atoms with Crippen molar-refractivity contribution in [2.75, 3.05) is 12.0 Å². The number of nitrogens with zero attached hydrogens (tertiary/aromatic N) is 2. The van der Waals surface area contributed by atoms with Crippen LogP contribution in [0.3, 0.4) is 0 Å². The third kappa shape index (κ3) is 3.77. The predicted octanol–water partition coefficient (Wildman–Crippen LogP) is 3.02. The van der Waals surface area contributed by atoms with E-state index in [1.54, 1.807) is 59.3 Å². The first-order chi connectivity index (χ1) is 15.4. The van der Waals surface area contributed by atoms with Crippen molar-refractivity contribution in [2.24, 2.45) is 0 Å². The van der Waals surface area contributed by atoms with Gasteiger partial charge in [-0.2, -0.15) is 0 Å². The summed E-state index contributed by atoms with van der Waals surface area (Å²) in [7, 11) is 1.48. The van der Waals surface area contributed by atoms with Gasteiger partial charge in [0.1, 0.15) is 11.3 Å². The van der Waals surface area contributed by atoms with Gasteiger partial charge in [-0.25, -0.2) is 9.69 Å². The predicted molar refractivity (Wildman–Crippen MR) is 122 cm³/mol. The third-order valence-electron chi connectivity index (χ3n) is 4.89. The molecule has 1 aromatic heterocycles. The Labute approximate surface area is 188 Å². The Morgan fingerprint density at radius 2 is 1.78 bits per heavy atom. The van der Waals surface area contributed by atoms with Crippen molar-refractivity contribution in [1.29, 1.82) is 0 Å². The first-order valence-electron chi connectivity index (χ1n) is 9.46. The highest BCUT2D eigenvalue weighted by Gasteiger charge is 2.36. The summed E-state index contributed by atoms with van der Waals surface area (Å²) in [6.07, 6.45) is 3.21. The van der Waals surface area contributed by atoms with Gasteiger partial charge in [-0.15, -0.1) is 0 Å². The number of hydrogen-bond acceptors (Lipinski definition) is 5. The molecule has 0 unspecified atom stereocenters. The van der Waals surface area contributed by atoms with E-state index in [1.165, 1.54) is 30.2 Å². The summed E-state index contributed by atoms with van der Waals surface area (Å²) in [5, 5.41) is 11.6. The van der Waals surface area contributed by atoms with Crippen LogP contribution in [0.2, 0.25) is 0 Å². The molecular weight excluding hydrogens is 430 g/mol. The molecule has 1 saturated heterocycles. The minimum atomic E-state index is -1.02. The topological polar surface area (TPSA) is 101 Å². The lowest BCUT2D eigenvalue weighted by molar-refractivity contribution is -0.122. The molecule has 2 amide bonds. The number of carboxylic acid groups (broad SMARTS) is 1. The van der Waals surface area contributed by atoms with Crippen molar-refractivity contribution in [3.05, 3.63) is 83.7 Å². The van der Waals surface area contributed by atoms with Crippen molar-refractivity contribution in [3.63, 3.8) is 0 Å². The molecule has 1 aliphatic rings. The maximum atomic E-state index is 13.3. The van der Waals surface area contributed by atoms with Gasteiger partial charge in [-0.1, -0.05) is 12.1 Å². The Bertz CT molecular complexity index is 1280. The highest BCUT2D eigenvalue weighted by Crippen LogP contribution is 2.31. The Balaban J connectivity index is 1.74. The van der Waals surface area contributed by atoms with E-state index in [0.29, 0.717) is 22.8 Å². The fourth-order valence-electron chi connectivity index (χ4n) is 3.35. The highest BCUT2D eigenvalue weighted by molar-refractivity contribution is 7.80. The summed E-state index contributed by atoms with van der Waals surface area (Å²) < 4.78 is 7.07. The average Bonchev–Trinajstić information content (AvgIpc) is 3.25. The standard InChI is InChI=1S/C23H17N3O5S/c1-31-19-7-3-2-6-18(19)26-21(28)17(20(27)24-23(26)32)13-16-5-4-12-25(16)15-10-8-14(9-11-15)22(29)30/h2-13H,1H3,(H,29,30)(H,24,27,32)/b17-13-. The van der Waals surface area contributed by atoms with Gasteiger partial charge in [0.2, 0.25) is 0 Å². The van der Waals surface area contributed by atoms with Gasteiger partial charge < -0.3 is 14.4 Å². The van der Waals surface area contributed by atoms with Crippen LogP contribution < -0.4 is 15.0 Å². The van der Waals surface area contributed by atoms with Gasteiger partial charge in [0.05, 0.1) is 18.4 Å². The molecule has 0 bridgehead atoms. The summed E-state index contributed by atoms with van der Waals surface area (Å²) in [5.41, 5.74) is 1.69. The SMILES string of the molecule is COc1ccccc1N1C(=O)/C(=C\c2cccn2-c2ccc(C(=O)O)cc2)C(=O)NC1=S. The van der Waals surface area contributed by atoms with Crippen LogP contribution in [0.25, 0.3) is 11.8 Å². The molecule has 32 heavy (non-hydrogen) atoms. The van der Waals surface area contributed by atoms with Crippen molar-refractivity contribution >= 4 is 46.9 Å². The number of para-hydroxylation sites is 2. The number of aromatic carboxylic acids is 1. The van der Waals surface area contributed by atoms with Crippen LogP contribution in [-0.4, -0.2) is 39.7 Å². The zero-order chi connectivity index (χ0) is 22.8. The molecule has 9 heteroatoms. The van der Waals surface area contributed by atoms with Crippen LogP contribution >= 0.6 is 12.2 Å². The number of amides is 2. The molecule has 3 aromatic rings. The number of aromatic nitrogens is 1. The van der Waals surface area contributed by atoms with Gasteiger partial charge in [-0.3, -0.25) is 14.9 Å².